The summed E-state index contributed by atoms with van der Waals surface area (Å²) in [6, 6.07) is 4.00. The van der Waals surface area contributed by atoms with Crippen LogP contribution in [0.3, 0.4) is 0 Å². The maximum Gasteiger partial charge on any atom is 0.310 e. The minimum absolute atomic E-state index is 0.00263. The maximum absolute atomic E-state index is 13.6. The van der Waals surface area contributed by atoms with Crippen LogP contribution in [-0.4, -0.2) is 71.6 Å². The van der Waals surface area contributed by atoms with Gasteiger partial charge in [-0.15, -0.1) is 0 Å². The lowest BCUT2D eigenvalue weighted by Gasteiger charge is -2.34. The highest BCUT2D eigenvalue weighted by molar-refractivity contribution is 5.99. The van der Waals surface area contributed by atoms with Crippen LogP contribution in [0.2, 0.25) is 0 Å². The molecule has 5 atom stereocenters. The van der Waals surface area contributed by atoms with Crippen LogP contribution < -0.4 is 16.0 Å². The number of carbonyl (C=O) groups excluding carboxylic acids is 5. The van der Waals surface area contributed by atoms with Crippen LogP contribution >= 0.6 is 0 Å². The third kappa shape index (κ3) is 6.16. The van der Waals surface area contributed by atoms with E-state index in [1.807, 2.05) is 12.2 Å². The lowest BCUT2D eigenvalue weighted by molar-refractivity contribution is -0.164. The SMILES string of the molecule is CCOC1OC(=O)CC1NC(=O)[C@@H]1CC[C@H]2C/C=C\C[C@H](NC(=O)c3ccc(NC(C)=O)cc3)C(=O)N21. The van der Waals surface area contributed by atoms with E-state index in [0.29, 0.717) is 43.5 Å². The van der Waals surface area contributed by atoms with Gasteiger partial charge in [-0.3, -0.25) is 24.0 Å². The maximum atomic E-state index is 13.6. The summed E-state index contributed by atoms with van der Waals surface area (Å²) >= 11 is 0. The van der Waals surface area contributed by atoms with Gasteiger partial charge in [0, 0.05) is 30.8 Å². The van der Waals surface area contributed by atoms with Crippen molar-refractivity contribution in [3.8, 4) is 0 Å². The molecule has 4 amide bonds. The predicted molar refractivity (Wildman–Crippen MR) is 132 cm³/mol. The number of ether oxygens (including phenoxy) is 2. The molecule has 0 spiro atoms. The van der Waals surface area contributed by atoms with Crippen molar-refractivity contribution in [3.05, 3.63) is 42.0 Å². The standard InChI is InChI=1S/C26H32N4O7/c1-3-36-26-20(14-22(32)37-26)29-24(34)21-13-12-18-6-4-5-7-19(25(35)30(18)21)28-23(33)16-8-10-17(11-9-16)27-15(2)31/h4-5,8-11,18-21,26H,3,6-7,12-14H2,1-2H3,(H,27,31)(H,28,33)(H,29,34)/b5-4-/t18-,19+,20?,21+,26?/m1/s1. The molecule has 3 aliphatic rings. The first kappa shape index (κ1) is 26.3. The highest BCUT2D eigenvalue weighted by Crippen LogP contribution is 2.30. The minimum Gasteiger partial charge on any atom is -0.433 e. The molecular formula is C26H32N4O7. The molecule has 11 nitrogen and oxygen atoms in total. The van der Waals surface area contributed by atoms with Crippen molar-refractivity contribution < 1.29 is 33.4 Å². The van der Waals surface area contributed by atoms with Gasteiger partial charge in [-0.25, -0.2) is 0 Å². The Kier molecular flexibility index (Phi) is 8.22. The van der Waals surface area contributed by atoms with E-state index in [1.54, 1.807) is 36.1 Å². The normalized spacial score (nSPS) is 27.9. The van der Waals surface area contributed by atoms with Crippen LogP contribution in [0.25, 0.3) is 0 Å². The number of nitrogens with one attached hydrogen (secondary N) is 3. The van der Waals surface area contributed by atoms with Crippen molar-refractivity contribution in [3.63, 3.8) is 0 Å². The zero-order chi connectivity index (χ0) is 26.5. The Morgan fingerprint density at radius 1 is 1.05 bits per heavy atom. The quantitative estimate of drug-likeness (QED) is 0.369. The zero-order valence-electron chi connectivity index (χ0n) is 20.9. The largest absolute Gasteiger partial charge is 0.433 e. The molecule has 11 heteroatoms. The molecule has 3 aliphatic heterocycles. The number of anilines is 1. The van der Waals surface area contributed by atoms with Gasteiger partial charge >= 0.3 is 5.97 Å². The van der Waals surface area contributed by atoms with Gasteiger partial charge in [0.2, 0.25) is 24.0 Å². The third-order valence-corrected chi connectivity index (χ3v) is 6.70. The Hall–Kier alpha value is -3.73. The van der Waals surface area contributed by atoms with Crippen LogP contribution in [0.1, 0.15) is 56.3 Å². The number of carbonyl (C=O) groups is 5. The van der Waals surface area contributed by atoms with E-state index in [1.165, 1.54) is 6.92 Å². The summed E-state index contributed by atoms with van der Waals surface area (Å²) in [5, 5.41) is 8.28. The van der Waals surface area contributed by atoms with Gasteiger partial charge in [-0.2, -0.15) is 0 Å². The van der Waals surface area contributed by atoms with Gasteiger partial charge in [0.15, 0.2) is 0 Å². The number of hydrogen-bond acceptors (Lipinski definition) is 7. The molecule has 4 rings (SSSR count). The highest BCUT2D eigenvalue weighted by atomic mass is 16.7. The van der Waals surface area contributed by atoms with Crippen LogP contribution in [0.5, 0.6) is 0 Å². The number of hydrogen-bond donors (Lipinski definition) is 3. The molecule has 198 valence electrons. The van der Waals surface area contributed by atoms with Crippen LogP contribution in [0.4, 0.5) is 5.69 Å². The number of fused-ring (bicyclic) bond motifs is 1. The van der Waals surface area contributed by atoms with Crippen molar-refractivity contribution in [2.24, 2.45) is 0 Å². The van der Waals surface area contributed by atoms with Crippen LogP contribution in [-0.2, 0) is 28.7 Å². The molecule has 0 saturated carbocycles. The molecule has 1 aromatic rings. The molecule has 3 heterocycles. The second kappa shape index (κ2) is 11.5. The van der Waals surface area contributed by atoms with Crippen molar-refractivity contribution >= 4 is 35.3 Å². The Labute approximate surface area is 214 Å². The molecule has 1 aromatic carbocycles. The molecule has 2 saturated heterocycles. The first-order chi connectivity index (χ1) is 17.8. The first-order valence-electron chi connectivity index (χ1n) is 12.5. The van der Waals surface area contributed by atoms with Gasteiger partial charge in [0.05, 0.1) is 6.42 Å². The average molecular weight is 513 g/mol. The molecule has 3 N–H and O–H groups in total. The summed E-state index contributed by atoms with van der Waals surface area (Å²) in [5.74, 6) is -1.79. The number of cyclic esters (lactones) is 1. The summed E-state index contributed by atoms with van der Waals surface area (Å²) in [7, 11) is 0. The number of rotatable bonds is 7. The fourth-order valence-electron chi connectivity index (χ4n) is 4.99. The van der Waals surface area contributed by atoms with Gasteiger partial charge in [-0.05, 0) is 56.9 Å². The van der Waals surface area contributed by atoms with Gasteiger partial charge in [-0.1, -0.05) is 12.2 Å². The fourth-order valence-corrected chi connectivity index (χ4v) is 4.99. The summed E-state index contributed by atoms with van der Waals surface area (Å²) in [6.45, 7) is 3.49. The van der Waals surface area contributed by atoms with Gasteiger partial charge in [0.25, 0.3) is 5.91 Å². The second-order valence-electron chi connectivity index (χ2n) is 9.35. The Balaban J connectivity index is 1.45. The fraction of sp³-hybridized carbons (Fsp3) is 0.500. The first-order valence-corrected chi connectivity index (χ1v) is 12.5. The summed E-state index contributed by atoms with van der Waals surface area (Å²) < 4.78 is 10.6. The Bertz CT molecular complexity index is 1090. The van der Waals surface area contributed by atoms with Crippen LogP contribution in [0, 0.1) is 0 Å². The minimum atomic E-state index is -0.853. The zero-order valence-corrected chi connectivity index (χ0v) is 20.9. The molecule has 0 aliphatic carbocycles. The highest BCUT2D eigenvalue weighted by Gasteiger charge is 2.45. The van der Waals surface area contributed by atoms with Crippen molar-refractivity contribution in [2.75, 3.05) is 11.9 Å². The molecule has 37 heavy (non-hydrogen) atoms. The molecule has 0 radical (unpaired) electrons. The average Bonchev–Trinajstić information content (AvgIpc) is 3.42. The van der Waals surface area contributed by atoms with Gasteiger partial charge in [0.1, 0.15) is 18.1 Å². The second-order valence-corrected chi connectivity index (χ2v) is 9.35. The van der Waals surface area contributed by atoms with E-state index >= 15 is 0 Å². The van der Waals surface area contributed by atoms with Crippen molar-refractivity contribution in [1.29, 1.82) is 0 Å². The summed E-state index contributed by atoms with van der Waals surface area (Å²) in [5.41, 5.74) is 0.900. The summed E-state index contributed by atoms with van der Waals surface area (Å²) in [6.07, 6.45) is 5.03. The lowest BCUT2D eigenvalue weighted by atomic mass is 10.0. The van der Waals surface area contributed by atoms with E-state index in [4.69, 9.17) is 9.47 Å². The molecule has 2 unspecified atom stereocenters. The van der Waals surface area contributed by atoms with E-state index in [0.717, 1.165) is 0 Å². The topological polar surface area (TPSA) is 143 Å². The lowest BCUT2D eigenvalue weighted by Crippen LogP contribution is -2.57. The number of amides is 4. The number of esters is 1. The number of nitrogens with zero attached hydrogens (tertiary/aromatic N) is 1. The van der Waals surface area contributed by atoms with Gasteiger partial charge < -0.3 is 30.3 Å². The van der Waals surface area contributed by atoms with E-state index in [-0.39, 0.29) is 30.2 Å². The van der Waals surface area contributed by atoms with Crippen LogP contribution in [0.15, 0.2) is 36.4 Å². The summed E-state index contributed by atoms with van der Waals surface area (Å²) in [4.78, 5) is 64.4. The Morgan fingerprint density at radius 2 is 1.78 bits per heavy atom. The molecule has 0 aromatic heterocycles. The molecule has 2 fully saturated rings. The number of benzene rings is 1. The molecule has 0 bridgehead atoms. The van der Waals surface area contributed by atoms with Crippen molar-refractivity contribution in [1.82, 2.24) is 15.5 Å². The molecular weight excluding hydrogens is 480 g/mol. The Morgan fingerprint density at radius 3 is 2.49 bits per heavy atom. The smallest absolute Gasteiger partial charge is 0.310 e. The van der Waals surface area contributed by atoms with E-state index < -0.39 is 36.3 Å². The predicted octanol–water partition coefficient (Wildman–Crippen LogP) is 1.25. The van der Waals surface area contributed by atoms with E-state index in [9.17, 15) is 24.0 Å². The van der Waals surface area contributed by atoms with E-state index in [2.05, 4.69) is 16.0 Å². The monoisotopic (exact) mass is 512 g/mol. The third-order valence-electron chi connectivity index (χ3n) is 6.70. The van der Waals surface area contributed by atoms with Crippen molar-refractivity contribution in [2.45, 2.75) is 76.4 Å².